The third-order valence-electron chi connectivity index (χ3n) is 2.59. The predicted molar refractivity (Wildman–Crippen MR) is 59.9 cm³/mol. The van der Waals surface area contributed by atoms with E-state index in [2.05, 4.69) is 16.1 Å². The summed E-state index contributed by atoms with van der Waals surface area (Å²) in [4.78, 5) is 11.7. The summed E-state index contributed by atoms with van der Waals surface area (Å²) in [6, 6.07) is 0. The molecule has 0 aromatic heterocycles. The lowest BCUT2D eigenvalue weighted by atomic mass is 10.1. The number of hydrogen-bond donors (Lipinski definition) is 0. The first-order valence-electron chi connectivity index (χ1n) is 5.02. The summed E-state index contributed by atoms with van der Waals surface area (Å²) in [6.07, 6.45) is 1.72. The second-order valence-corrected chi connectivity index (χ2v) is 3.39. The van der Waals surface area contributed by atoms with Crippen LogP contribution in [0.4, 0.5) is 0 Å². The van der Waals surface area contributed by atoms with Crippen LogP contribution in [-0.4, -0.2) is 31.0 Å². The van der Waals surface area contributed by atoms with Crippen LogP contribution in [0, 0.1) is 0 Å². The molecular weight excluding hydrogens is 222 g/mol. The Morgan fingerprint density at radius 3 is 2.41 bits per heavy atom. The number of methoxy groups -OCH3 is 2. The van der Waals surface area contributed by atoms with E-state index in [0.29, 0.717) is 11.4 Å². The van der Waals surface area contributed by atoms with Crippen molar-refractivity contribution in [1.29, 1.82) is 0 Å². The third-order valence-corrected chi connectivity index (χ3v) is 2.59. The lowest BCUT2D eigenvalue weighted by Gasteiger charge is -2.12. The van der Waals surface area contributed by atoms with Gasteiger partial charge in [-0.1, -0.05) is 0 Å². The number of esters is 1. The van der Waals surface area contributed by atoms with Crippen molar-refractivity contribution < 1.29 is 24.0 Å². The molecular formula is C12H15NO4. The third kappa shape index (κ3) is 1.95. The van der Waals surface area contributed by atoms with Gasteiger partial charge < -0.3 is 14.6 Å². The van der Waals surface area contributed by atoms with Gasteiger partial charge in [-0.05, 0) is 13.7 Å². The lowest BCUT2D eigenvalue weighted by molar-refractivity contribution is -0.408. The number of hydrogen-bond acceptors (Lipinski definition) is 4. The summed E-state index contributed by atoms with van der Waals surface area (Å²) < 4.78 is 11.0. The predicted octanol–water partition coefficient (Wildman–Crippen LogP) is 0.282. The Labute approximate surface area is 100.0 Å². The van der Waals surface area contributed by atoms with E-state index in [4.69, 9.17) is 0 Å². The van der Waals surface area contributed by atoms with E-state index in [1.807, 2.05) is 0 Å². The van der Waals surface area contributed by atoms with Crippen molar-refractivity contribution in [3.8, 4) is 0 Å². The molecule has 0 saturated heterocycles. The van der Waals surface area contributed by atoms with Crippen LogP contribution < -0.4 is 5.11 Å². The second-order valence-electron chi connectivity index (χ2n) is 3.39. The first-order valence-corrected chi connectivity index (χ1v) is 5.02. The number of carbonyl (C=O) groups is 1. The molecule has 1 heterocycles. The highest BCUT2D eigenvalue weighted by atomic mass is 16.6. The molecule has 0 spiro atoms. The van der Waals surface area contributed by atoms with Gasteiger partial charge in [0, 0.05) is 13.8 Å². The maximum atomic E-state index is 11.7. The van der Waals surface area contributed by atoms with Gasteiger partial charge in [0.2, 0.25) is 5.70 Å². The number of ether oxygens (including phenoxy) is 2. The molecule has 0 N–H and O–H groups in total. The molecule has 0 amide bonds. The molecule has 0 unspecified atom stereocenters. The molecule has 0 saturated carbocycles. The molecule has 0 bridgehead atoms. The van der Waals surface area contributed by atoms with Gasteiger partial charge in [-0.15, -0.1) is 0 Å². The normalized spacial score (nSPS) is 20.9. The molecule has 5 nitrogen and oxygen atoms in total. The fraction of sp³-hybridized carbons (Fsp3) is 0.333. The second kappa shape index (κ2) is 4.86. The smallest absolute Gasteiger partial charge is 0.345 e. The number of allylic oxidation sites excluding steroid dienone is 2. The zero-order valence-corrected chi connectivity index (χ0v) is 10.4. The van der Waals surface area contributed by atoms with Gasteiger partial charge >= 0.3 is 5.97 Å². The maximum Gasteiger partial charge on any atom is 0.345 e. The van der Waals surface area contributed by atoms with Crippen LogP contribution in [0.15, 0.2) is 35.1 Å². The molecule has 92 valence electrons. The SMILES string of the molecule is C=C1/C(=C(\[O-])OC)C(C(=O)OC)=C(C)[N+]1=CC. The number of rotatable bonds is 2. The average molecular weight is 237 g/mol. The van der Waals surface area contributed by atoms with E-state index in [9.17, 15) is 9.90 Å². The van der Waals surface area contributed by atoms with Crippen LogP contribution in [0.2, 0.25) is 0 Å². The molecule has 5 heteroatoms. The Morgan fingerprint density at radius 1 is 1.41 bits per heavy atom. The molecule has 0 radical (unpaired) electrons. The van der Waals surface area contributed by atoms with Gasteiger partial charge in [-0.2, -0.15) is 4.58 Å². The largest absolute Gasteiger partial charge is 0.616 e. The molecule has 1 aliphatic rings. The summed E-state index contributed by atoms with van der Waals surface area (Å²) >= 11 is 0. The molecule has 0 fully saturated rings. The Balaban J connectivity index is 3.52. The minimum absolute atomic E-state index is 0.148. The fourth-order valence-electron chi connectivity index (χ4n) is 1.79. The van der Waals surface area contributed by atoms with Crippen molar-refractivity contribution in [2.45, 2.75) is 13.8 Å². The molecule has 0 aromatic rings. The standard InChI is InChI=1S/C12H15NO4/c1-6-13-7(2)9(11(14)16-4)10(8(13)3)12(15)17-5/h6H,2H2,1,3-5H3/b11-9-,13-6?. The topological polar surface area (TPSA) is 61.6 Å². The summed E-state index contributed by atoms with van der Waals surface area (Å²) in [5, 5.41) is 11.7. The summed E-state index contributed by atoms with van der Waals surface area (Å²) in [5.74, 6) is -1.17. The minimum Gasteiger partial charge on any atom is -0.616 e. The van der Waals surface area contributed by atoms with Gasteiger partial charge in [-0.3, -0.25) is 0 Å². The van der Waals surface area contributed by atoms with Crippen molar-refractivity contribution in [1.82, 2.24) is 0 Å². The van der Waals surface area contributed by atoms with Crippen molar-refractivity contribution >= 4 is 12.2 Å². The van der Waals surface area contributed by atoms with Crippen molar-refractivity contribution in [3.63, 3.8) is 0 Å². The van der Waals surface area contributed by atoms with Gasteiger partial charge in [0.25, 0.3) is 0 Å². The monoisotopic (exact) mass is 237 g/mol. The highest BCUT2D eigenvalue weighted by Gasteiger charge is 2.38. The van der Waals surface area contributed by atoms with Gasteiger partial charge in [-0.25, -0.2) is 4.79 Å². The average Bonchev–Trinajstić information content (AvgIpc) is 2.58. The van der Waals surface area contributed by atoms with Crippen LogP contribution in [0.5, 0.6) is 0 Å². The van der Waals surface area contributed by atoms with Gasteiger partial charge in [0.1, 0.15) is 11.8 Å². The minimum atomic E-state index is -0.598. The number of nitrogens with zero attached hydrogens (tertiary/aromatic N) is 1. The zero-order valence-electron chi connectivity index (χ0n) is 10.4. The van der Waals surface area contributed by atoms with Crippen LogP contribution in [0.25, 0.3) is 0 Å². The van der Waals surface area contributed by atoms with E-state index >= 15 is 0 Å². The van der Waals surface area contributed by atoms with E-state index in [1.54, 1.807) is 24.6 Å². The van der Waals surface area contributed by atoms with Crippen molar-refractivity contribution in [2.24, 2.45) is 0 Å². The van der Waals surface area contributed by atoms with Crippen LogP contribution >= 0.6 is 0 Å². The Morgan fingerprint density at radius 2 is 2.00 bits per heavy atom. The highest BCUT2D eigenvalue weighted by Crippen LogP contribution is 2.33. The van der Waals surface area contributed by atoms with E-state index in [-0.39, 0.29) is 11.1 Å². The van der Waals surface area contributed by atoms with Crippen LogP contribution in [0.3, 0.4) is 0 Å². The molecule has 0 atom stereocenters. The molecule has 1 aliphatic heterocycles. The zero-order chi connectivity index (χ0) is 13.2. The quantitative estimate of drug-likeness (QED) is 0.393. The molecule has 0 aromatic carbocycles. The molecule has 0 aliphatic carbocycles. The lowest BCUT2D eigenvalue weighted by Crippen LogP contribution is -2.15. The first kappa shape index (κ1) is 13.0. The maximum absolute atomic E-state index is 11.7. The van der Waals surface area contributed by atoms with E-state index in [1.165, 1.54) is 14.2 Å². The van der Waals surface area contributed by atoms with Crippen molar-refractivity contribution in [2.75, 3.05) is 14.2 Å². The first-order chi connectivity index (χ1) is 7.99. The number of carbonyl (C=O) groups excluding carboxylic acids is 1. The Kier molecular flexibility index (Phi) is 3.73. The van der Waals surface area contributed by atoms with Crippen LogP contribution in [-0.2, 0) is 14.3 Å². The van der Waals surface area contributed by atoms with Crippen molar-refractivity contribution in [3.05, 3.63) is 35.1 Å². The fourth-order valence-corrected chi connectivity index (χ4v) is 1.79. The van der Waals surface area contributed by atoms with Crippen LogP contribution in [0.1, 0.15) is 13.8 Å². The highest BCUT2D eigenvalue weighted by molar-refractivity contribution is 5.96. The Hall–Kier alpha value is -2.04. The molecule has 17 heavy (non-hydrogen) atoms. The van der Waals surface area contributed by atoms with E-state index < -0.39 is 11.9 Å². The summed E-state index contributed by atoms with van der Waals surface area (Å²) in [5.41, 5.74) is 1.36. The van der Waals surface area contributed by atoms with E-state index in [0.717, 1.165) is 0 Å². The van der Waals surface area contributed by atoms with Gasteiger partial charge in [0.05, 0.1) is 18.6 Å². The van der Waals surface area contributed by atoms with Gasteiger partial charge in [0.15, 0.2) is 5.70 Å². The summed E-state index contributed by atoms with van der Waals surface area (Å²) in [7, 11) is 2.52. The molecule has 1 rings (SSSR count). The Bertz CT molecular complexity index is 469. The summed E-state index contributed by atoms with van der Waals surface area (Å²) in [6.45, 7) is 7.28.